The third-order valence-corrected chi connectivity index (χ3v) is 6.59. The van der Waals surface area contributed by atoms with Gasteiger partial charge in [-0.15, -0.1) is 0 Å². The molecule has 1 aliphatic heterocycles. The molecule has 7 nitrogen and oxygen atoms in total. The maximum atomic E-state index is 12.7. The first-order valence-electron chi connectivity index (χ1n) is 8.24. The highest BCUT2D eigenvalue weighted by atomic mass is 35.5. The van der Waals surface area contributed by atoms with Crippen LogP contribution in [0, 0.1) is 0 Å². The van der Waals surface area contributed by atoms with E-state index in [9.17, 15) is 8.42 Å². The number of hydrogen-bond acceptors (Lipinski definition) is 6. The van der Waals surface area contributed by atoms with E-state index >= 15 is 0 Å². The predicted octanol–water partition coefficient (Wildman–Crippen LogP) is 2.35. The molecule has 0 radical (unpaired) electrons. The summed E-state index contributed by atoms with van der Waals surface area (Å²) in [6, 6.07) is 6.23. The second kappa shape index (κ2) is 7.41. The minimum absolute atomic E-state index is 0.0341. The van der Waals surface area contributed by atoms with E-state index in [4.69, 9.17) is 16.1 Å². The number of rotatable bonds is 5. The van der Waals surface area contributed by atoms with Crippen LogP contribution >= 0.6 is 11.6 Å². The lowest BCUT2D eigenvalue weighted by Crippen LogP contribution is -2.49. The number of piperazine rings is 1. The van der Waals surface area contributed by atoms with Gasteiger partial charge < -0.3 is 4.52 Å². The smallest absolute Gasteiger partial charge is 0.243 e. The van der Waals surface area contributed by atoms with Crippen molar-refractivity contribution in [2.45, 2.75) is 31.2 Å². The van der Waals surface area contributed by atoms with Gasteiger partial charge in [-0.1, -0.05) is 23.7 Å². The van der Waals surface area contributed by atoms with Crippen molar-refractivity contribution in [3.8, 4) is 0 Å². The van der Waals surface area contributed by atoms with Gasteiger partial charge >= 0.3 is 0 Å². The standard InChI is InChI=1S/C16H21ClN4O3S/c1-3-15-18-16(24-19-15)12(2)20-8-10-21(11-9-20)25(22,23)14-6-4-13(17)5-7-14/h4-7,12H,3,8-11H2,1-2H3/t12-/m0/s1. The van der Waals surface area contributed by atoms with Crippen molar-refractivity contribution in [2.24, 2.45) is 0 Å². The summed E-state index contributed by atoms with van der Waals surface area (Å²) in [5.74, 6) is 1.26. The van der Waals surface area contributed by atoms with E-state index in [1.54, 1.807) is 12.1 Å². The Kier molecular flexibility index (Phi) is 5.43. The number of hydrogen-bond donors (Lipinski definition) is 0. The van der Waals surface area contributed by atoms with Crippen LogP contribution in [0.5, 0.6) is 0 Å². The fraction of sp³-hybridized carbons (Fsp3) is 0.500. The SMILES string of the molecule is CCc1noc([C@H](C)N2CCN(S(=O)(=O)c3ccc(Cl)cc3)CC2)n1. The molecule has 0 aliphatic carbocycles. The Labute approximate surface area is 152 Å². The van der Waals surface area contributed by atoms with Crippen molar-refractivity contribution < 1.29 is 12.9 Å². The van der Waals surface area contributed by atoms with Crippen LogP contribution in [0.4, 0.5) is 0 Å². The molecule has 1 fully saturated rings. The third-order valence-electron chi connectivity index (χ3n) is 4.43. The Bertz CT molecular complexity index is 814. The van der Waals surface area contributed by atoms with Gasteiger partial charge in [0.05, 0.1) is 10.9 Å². The number of nitrogens with zero attached hydrogens (tertiary/aromatic N) is 4. The molecule has 1 saturated heterocycles. The zero-order valence-corrected chi connectivity index (χ0v) is 15.8. The molecule has 25 heavy (non-hydrogen) atoms. The van der Waals surface area contributed by atoms with Crippen molar-refractivity contribution in [3.63, 3.8) is 0 Å². The molecule has 0 bridgehead atoms. The van der Waals surface area contributed by atoms with E-state index in [0.717, 1.165) is 6.42 Å². The lowest BCUT2D eigenvalue weighted by molar-refractivity contribution is 0.124. The van der Waals surface area contributed by atoms with E-state index < -0.39 is 10.0 Å². The summed E-state index contributed by atoms with van der Waals surface area (Å²) in [6.45, 7) is 6.03. The van der Waals surface area contributed by atoms with E-state index in [0.29, 0.717) is 42.9 Å². The van der Waals surface area contributed by atoms with Crippen LogP contribution in [0.2, 0.25) is 5.02 Å². The molecule has 2 heterocycles. The van der Waals surface area contributed by atoms with Gasteiger partial charge in [0, 0.05) is 37.6 Å². The summed E-state index contributed by atoms with van der Waals surface area (Å²) in [4.78, 5) is 6.78. The first-order chi connectivity index (χ1) is 11.9. The Morgan fingerprint density at radius 3 is 2.40 bits per heavy atom. The zero-order valence-electron chi connectivity index (χ0n) is 14.2. The summed E-state index contributed by atoms with van der Waals surface area (Å²) in [5, 5.41) is 4.44. The number of benzene rings is 1. The lowest BCUT2D eigenvalue weighted by Gasteiger charge is -2.36. The summed E-state index contributed by atoms with van der Waals surface area (Å²) >= 11 is 5.84. The van der Waals surface area contributed by atoms with Gasteiger partial charge in [-0.2, -0.15) is 9.29 Å². The lowest BCUT2D eigenvalue weighted by atomic mass is 10.2. The molecule has 3 rings (SSSR count). The topological polar surface area (TPSA) is 79.5 Å². The molecule has 0 spiro atoms. The second-order valence-electron chi connectivity index (χ2n) is 5.97. The zero-order chi connectivity index (χ0) is 18.0. The van der Waals surface area contributed by atoms with E-state index in [-0.39, 0.29) is 10.9 Å². The van der Waals surface area contributed by atoms with Crippen molar-refractivity contribution in [1.29, 1.82) is 0 Å². The molecule has 0 saturated carbocycles. The fourth-order valence-electron chi connectivity index (χ4n) is 2.82. The third kappa shape index (κ3) is 3.87. The van der Waals surface area contributed by atoms with Crippen molar-refractivity contribution in [1.82, 2.24) is 19.3 Å². The Hall–Kier alpha value is -1.48. The normalized spacial score (nSPS) is 18.4. The van der Waals surface area contributed by atoms with Crippen LogP contribution in [-0.2, 0) is 16.4 Å². The van der Waals surface area contributed by atoms with Crippen LogP contribution in [0.1, 0.15) is 31.6 Å². The molecule has 1 atom stereocenters. The van der Waals surface area contributed by atoms with Gasteiger partial charge in [0.25, 0.3) is 0 Å². The molecule has 1 aliphatic rings. The van der Waals surface area contributed by atoms with Gasteiger partial charge in [-0.25, -0.2) is 8.42 Å². The number of sulfonamides is 1. The average Bonchev–Trinajstić information content (AvgIpc) is 3.11. The molecule has 9 heteroatoms. The molecule has 136 valence electrons. The Morgan fingerprint density at radius 1 is 1.20 bits per heavy atom. The first-order valence-corrected chi connectivity index (χ1v) is 10.1. The minimum Gasteiger partial charge on any atom is -0.338 e. The summed E-state index contributed by atoms with van der Waals surface area (Å²) in [7, 11) is -3.50. The highest BCUT2D eigenvalue weighted by Gasteiger charge is 2.31. The van der Waals surface area contributed by atoms with Crippen LogP contribution in [0.15, 0.2) is 33.7 Å². The van der Waals surface area contributed by atoms with Gasteiger partial charge in [0.2, 0.25) is 15.9 Å². The largest absolute Gasteiger partial charge is 0.338 e. The second-order valence-corrected chi connectivity index (χ2v) is 8.35. The summed E-state index contributed by atoms with van der Waals surface area (Å²) in [5.41, 5.74) is 0. The predicted molar refractivity (Wildman–Crippen MR) is 93.9 cm³/mol. The summed E-state index contributed by atoms with van der Waals surface area (Å²) in [6.07, 6.45) is 0.726. The molecule has 2 aromatic rings. The van der Waals surface area contributed by atoms with E-state index in [1.165, 1.54) is 16.4 Å². The fourth-order valence-corrected chi connectivity index (χ4v) is 4.37. The maximum absolute atomic E-state index is 12.7. The van der Waals surface area contributed by atoms with Crippen LogP contribution < -0.4 is 0 Å². The van der Waals surface area contributed by atoms with E-state index in [1.807, 2.05) is 13.8 Å². The van der Waals surface area contributed by atoms with Crippen molar-refractivity contribution in [3.05, 3.63) is 41.0 Å². The monoisotopic (exact) mass is 384 g/mol. The van der Waals surface area contributed by atoms with Gasteiger partial charge in [0.1, 0.15) is 0 Å². The van der Waals surface area contributed by atoms with Crippen LogP contribution in [0.3, 0.4) is 0 Å². The molecule has 1 aromatic carbocycles. The van der Waals surface area contributed by atoms with Crippen LogP contribution in [0.25, 0.3) is 0 Å². The van der Waals surface area contributed by atoms with Crippen molar-refractivity contribution in [2.75, 3.05) is 26.2 Å². The minimum atomic E-state index is -3.50. The van der Waals surface area contributed by atoms with Crippen LogP contribution in [-0.4, -0.2) is 53.9 Å². The summed E-state index contributed by atoms with van der Waals surface area (Å²) < 4.78 is 32.2. The van der Waals surface area contributed by atoms with Gasteiger partial charge in [-0.3, -0.25) is 4.90 Å². The number of aromatic nitrogens is 2. The highest BCUT2D eigenvalue weighted by molar-refractivity contribution is 7.89. The Morgan fingerprint density at radius 2 is 1.84 bits per heavy atom. The maximum Gasteiger partial charge on any atom is 0.243 e. The Balaban J connectivity index is 1.65. The average molecular weight is 385 g/mol. The van der Waals surface area contributed by atoms with Gasteiger partial charge in [-0.05, 0) is 31.2 Å². The highest BCUT2D eigenvalue weighted by Crippen LogP contribution is 2.24. The molecule has 1 aromatic heterocycles. The molecular weight excluding hydrogens is 364 g/mol. The number of halogens is 1. The molecule has 0 amide bonds. The quantitative estimate of drug-likeness (QED) is 0.787. The molecule has 0 unspecified atom stereocenters. The first kappa shape index (κ1) is 18.3. The van der Waals surface area contributed by atoms with Gasteiger partial charge in [0.15, 0.2) is 5.82 Å². The molecule has 0 N–H and O–H groups in total. The van der Waals surface area contributed by atoms with Crippen molar-refractivity contribution >= 4 is 21.6 Å². The van der Waals surface area contributed by atoms with E-state index in [2.05, 4.69) is 15.0 Å². The number of aryl methyl sites for hydroxylation is 1. The molecular formula is C16H21ClN4O3S.